The molecule has 2 aromatic rings. The summed E-state index contributed by atoms with van der Waals surface area (Å²) in [6, 6.07) is 10.4. The van der Waals surface area contributed by atoms with Crippen LogP contribution in [0.1, 0.15) is 28.3 Å². The number of benzene rings is 1. The molecule has 5 nitrogen and oxygen atoms in total. The molecule has 0 aliphatic rings. The molecule has 26 heavy (non-hydrogen) atoms. The van der Waals surface area contributed by atoms with Crippen molar-refractivity contribution < 1.29 is 4.74 Å². The summed E-state index contributed by atoms with van der Waals surface area (Å²) in [6.45, 7) is 5.25. The van der Waals surface area contributed by atoms with Gasteiger partial charge >= 0.3 is 0 Å². The molecule has 0 unspecified atom stereocenters. The number of nitrogens with one attached hydrogen (secondary N) is 2. The van der Waals surface area contributed by atoms with Crippen molar-refractivity contribution in [2.24, 2.45) is 4.99 Å². The molecule has 2 rings (SSSR count). The van der Waals surface area contributed by atoms with Crippen LogP contribution in [0.15, 0.2) is 41.5 Å². The molecule has 0 aliphatic carbocycles. The molecule has 0 saturated heterocycles. The molecule has 1 heterocycles. The number of nitrogens with zero attached hydrogens (tertiary/aromatic N) is 2. The lowest BCUT2D eigenvalue weighted by molar-refractivity contribution is 0.133. The number of thiazole rings is 1. The molecule has 0 aliphatic heterocycles. The fraction of sp³-hybridized carbons (Fsp3) is 0.474. The lowest BCUT2D eigenvalue weighted by Crippen LogP contribution is -2.37. The van der Waals surface area contributed by atoms with Gasteiger partial charge in [0.2, 0.25) is 0 Å². The SMILES string of the molecule is CN=C(NCCCCOCCc1ccccc1)NCc1ncc(C)s1.I. The van der Waals surface area contributed by atoms with E-state index in [1.165, 1.54) is 10.4 Å². The van der Waals surface area contributed by atoms with Crippen LogP contribution >= 0.6 is 35.3 Å². The number of halogens is 1. The van der Waals surface area contributed by atoms with E-state index >= 15 is 0 Å². The predicted octanol–water partition coefficient (Wildman–Crippen LogP) is 3.77. The lowest BCUT2D eigenvalue weighted by Gasteiger charge is -2.11. The third-order valence-electron chi connectivity index (χ3n) is 3.69. The van der Waals surface area contributed by atoms with Crippen molar-refractivity contribution in [3.63, 3.8) is 0 Å². The van der Waals surface area contributed by atoms with Gasteiger partial charge in [0.1, 0.15) is 5.01 Å². The van der Waals surface area contributed by atoms with Crippen LogP contribution in [-0.2, 0) is 17.7 Å². The quantitative estimate of drug-likeness (QED) is 0.231. The number of unbranched alkanes of at least 4 members (excludes halogenated alkanes) is 1. The van der Waals surface area contributed by atoms with E-state index in [1.807, 2.05) is 12.3 Å². The van der Waals surface area contributed by atoms with Crippen LogP contribution in [0.3, 0.4) is 0 Å². The highest BCUT2D eigenvalue weighted by Crippen LogP contribution is 2.10. The van der Waals surface area contributed by atoms with Gasteiger partial charge in [0.05, 0.1) is 13.2 Å². The van der Waals surface area contributed by atoms with Crippen molar-refractivity contribution in [1.29, 1.82) is 0 Å². The third kappa shape index (κ3) is 9.49. The normalized spacial score (nSPS) is 11.1. The number of aliphatic imine (C=N–C) groups is 1. The third-order valence-corrected chi connectivity index (χ3v) is 4.60. The fourth-order valence-electron chi connectivity index (χ4n) is 2.34. The maximum absolute atomic E-state index is 5.70. The molecule has 0 bridgehead atoms. The largest absolute Gasteiger partial charge is 0.381 e. The van der Waals surface area contributed by atoms with E-state index in [4.69, 9.17) is 4.74 Å². The van der Waals surface area contributed by atoms with Crippen molar-refractivity contribution in [2.75, 3.05) is 26.8 Å². The first-order chi connectivity index (χ1) is 12.3. The van der Waals surface area contributed by atoms with E-state index in [0.29, 0.717) is 6.54 Å². The molecular formula is C19H29IN4OS. The zero-order chi connectivity index (χ0) is 17.7. The number of aryl methyl sites for hydroxylation is 1. The van der Waals surface area contributed by atoms with E-state index in [9.17, 15) is 0 Å². The second-order valence-corrected chi connectivity index (χ2v) is 7.09. The first-order valence-electron chi connectivity index (χ1n) is 8.75. The van der Waals surface area contributed by atoms with E-state index in [1.54, 1.807) is 18.4 Å². The molecule has 144 valence electrons. The number of guanidine groups is 1. The molecular weight excluding hydrogens is 459 g/mol. The van der Waals surface area contributed by atoms with Gasteiger partial charge in [0, 0.05) is 31.3 Å². The molecule has 7 heteroatoms. The van der Waals surface area contributed by atoms with Crippen LogP contribution in [0.25, 0.3) is 0 Å². The number of aromatic nitrogens is 1. The Bertz CT molecular complexity index is 633. The Morgan fingerprint density at radius 3 is 2.65 bits per heavy atom. The van der Waals surface area contributed by atoms with E-state index < -0.39 is 0 Å². The standard InChI is InChI=1S/C19H28N4OS.HI/c1-16-14-22-18(25-16)15-23-19(20-2)21-11-6-7-12-24-13-10-17-8-4-3-5-9-17;/h3-5,8-9,14H,6-7,10-13,15H2,1-2H3,(H2,20,21,23);1H. The zero-order valence-corrected chi connectivity index (χ0v) is 18.7. The number of ether oxygens (including phenoxy) is 1. The number of hydrogen-bond donors (Lipinski definition) is 2. The summed E-state index contributed by atoms with van der Waals surface area (Å²) in [5, 5.41) is 7.68. The maximum atomic E-state index is 5.70. The van der Waals surface area contributed by atoms with E-state index in [2.05, 4.69) is 51.8 Å². The van der Waals surface area contributed by atoms with Gasteiger partial charge in [-0.1, -0.05) is 30.3 Å². The average Bonchev–Trinajstić information content (AvgIpc) is 3.06. The first-order valence-corrected chi connectivity index (χ1v) is 9.57. The maximum Gasteiger partial charge on any atom is 0.191 e. The van der Waals surface area contributed by atoms with Gasteiger partial charge in [-0.15, -0.1) is 35.3 Å². The second kappa shape index (κ2) is 13.9. The van der Waals surface area contributed by atoms with Crippen molar-refractivity contribution >= 4 is 41.3 Å². The number of rotatable bonds is 10. The summed E-state index contributed by atoms with van der Waals surface area (Å²) in [7, 11) is 1.79. The monoisotopic (exact) mass is 488 g/mol. The summed E-state index contributed by atoms with van der Waals surface area (Å²) in [5.74, 6) is 0.817. The highest BCUT2D eigenvalue weighted by Gasteiger charge is 2.01. The van der Waals surface area contributed by atoms with Gasteiger partial charge in [-0.3, -0.25) is 4.99 Å². The van der Waals surface area contributed by atoms with Gasteiger partial charge < -0.3 is 15.4 Å². The Morgan fingerprint density at radius 1 is 1.15 bits per heavy atom. The highest BCUT2D eigenvalue weighted by atomic mass is 127. The number of hydrogen-bond acceptors (Lipinski definition) is 4. The van der Waals surface area contributed by atoms with Crippen molar-refractivity contribution in [3.8, 4) is 0 Å². The Morgan fingerprint density at radius 2 is 1.96 bits per heavy atom. The van der Waals surface area contributed by atoms with Gasteiger partial charge in [-0.2, -0.15) is 0 Å². The lowest BCUT2D eigenvalue weighted by atomic mass is 10.2. The first kappa shape index (κ1) is 22.9. The van der Waals surface area contributed by atoms with Crippen LogP contribution < -0.4 is 10.6 Å². The molecule has 0 saturated carbocycles. The molecule has 0 atom stereocenters. The molecule has 2 N–H and O–H groups in total. The molecule has 0 amide bonds. The van der Waals surface area contributed by atoms with Crippen LogP contribution in [0, 0.1) is 6.92 Å². The molecule has 0 radical (unpaired) electrons. The molecule has 1 aromatic carbocycles. The van der Waals surface area contributed by atoms with Crippen molar-refractivity contribution in [1.82, 2.24) is 15.6 Å². The van der Waals surface area contributed by atoms with Gasteiger partial charge in [-0.25, -0.2) is 4.98 Å². The zero-order valence-electron chi connectivity index (χ0n) is 15.5. The van der Waals surface area contributed by atoms with Gasteiger partial charge in [-0.05, 0) is 31.7 Å². The Balaban J connectivity index is 0.00000338. The average molecular weight is 488 g/mol. The summed E-state index contributed by atoms with van der Waals surface area (Å²) in [6.07, 6.45) is 4.98. The summed E-state index contributed by atoms with van der Waals surface area (Å²) >= 11 is 1.71. The second-order valence-electron chi connectivity index (χ2n) is 5.77. The van der Waals surface area contributed by atoms with Crippen LogP contribution in [0.5, 0.6) is 0 Å². The fourth-order valence-corrected chi connectivity index (χ4v) is 3.06. The van der Waals surface area contributed by atoms with Crippen LogP contribution in [-0.4, -0.2) is 37.7 Å². The van der Waals surface area contributed by atoms with Crippen LogP contribution in [0.4, 0.5) is 0 Å². The smallest absolute Gasteiger partial charge is 0.191 e. The van der Waals surface area contributed by atoms with E-state index in [0.717, 1.165) is 50.0 Å². The van der Waals surface area contributed by atoms with Crippen molar-refractivity contribution in [2.45, 2.75) is 32.7 Å². The Kier molecular flexibility index (Phi) is 12.3. The molecule has 1 aromatic heterocycles. The Labute approximate surface area is 177 Å². The topological polar surface area (TPSA) is 58.5 Å². The highest BCUT2D eigenvalue weighted by molar-refractivity contribution is 14.0. The minimum Gasteiger partial charge on any atom is -0.381 e. The van der Waals surface area contributed by atoms with Gasteiger partial charge in [0.25, 0.3) is 0 Å². The summed E-state index contributed by atoms with van der Waals surface area (Å²) in [4.78, 5) is 9.80. The molecule has 0 spiro atoms. The minimum atomic E-state index is 0. The summed E-state index contributed by atoms with van der Waals surface area (Å²) in [5.41, 5.74) is 1.33. The van der Waals surface area contributed by atoms with Gasteiger partial charge in [0.15, 0.2) is 5.96 Å². The molecule has 0 fully saturated rings. The minimum absolute atomic E-state index is 0. The van der Waals surface area contributed by atoms with E-state index in [-0.39, 0.29) is 24.0 Å². The summed E-state index contributed by atoms with van der Waals surface area (Å²) < 4.78 is 5.70. The predicted molar refractivity (Wildman–Crippen MR) is 121 cm³/mol. The Hall–Kier alpha value is -1.19. The van der Waals surface area contributed by atoms with Crippen LogP contribution in [0.2, 0.25) is 0 Å². The van der Waals surface area contributed by atoms with Crippen molar-refractivity contribution in [3.05, 3.63) is 52.0 Å².